The van der Waals surface area contributed by atoms with Gasteiger partial charge in [0.15, 0.2) is 0 Å². The molecule has 0 radical (unpaired) electrons. The van der Waals surface area contributed by atoms with Gasteiger partial charge in [-0.15, -0.1) is 0 Å². The zero-order chi connectivity index (χ0) is 14.3. The van der Waals surface area contributed by atoms with E-state index in [9.17, 15) is 5.11 Å². The van der Waals surface area contributed by atoms with E-state index in [1.807, 2.05) is 13.8 Å². The molecule has 2 fully saturated rings. The Morgan fingerprint density at radius 1 is 1.20 bits per heavy atom. The van der Waals surface area contributed by atoms with Gasteiger partial charge in [-0.1, -0.05) is 12.1 Å². The summed E-state index contributed by atoms with van der Waals surface area (Å²) in [5.74, 6) is 0.447. The lowest BCUT2D eigenvalue weighted by atomic mass is 10.0. The summed E-state index contributed by atoms with van der Waals surface area (Å²) in [6, 6.07) is 5.66. The van der Waals surface area contributed by atoms with Crippen LogP contribution in [0, 0.1) is 13.8 Å². The van der Waals surface area contributed by atoms with Gasteiger partial charge < -0.3 is 5.11 Å². The molecular weight excluding hydrogens is 248 g/mol. The number of rotatable bonds is 2. The number of nitrogens with zero attached hydrogens (tertiary/aromatic N) is 2. The summed E-state index contributed by atoms with van der Waals surface area (Å²) in [5.41, 5.74) is 3.32. The van der Waals surface area contributed by atoms with Gasteiger partial charge in [0.2, 0.25) is 0 Å². The molecule has 2 heterocycles. The fourth-order valence-electron chi connectivity index (χ4n) is 3.84. The first-order valence-corrected chi connectivity index (χ1v) is 7.82. The molecule has 3 nitrogen and oxygen atoms in total. The van der Waals surface area contributed by atoms with Crippen LogP contribution in [0.1, 0.15) is 36.5 Å². The van der Waals surface area contributed by atoms with Crippen LogP contribution in [0.5, 0.6) is 5.75 Å². The van der Waals surface area contributed by atoms with E-state index in [1.54, 1.807) is 0 Å². The van der Waals surface area contributed by atoms with Crippen LogP contribution >= 0.6 is 0 Å². The van der Waals surface area contributed by atoms with E-state index in [2.05, 4.69) is 28.9 Å². The third-order valence-electron chi connectivity index (χ3n) is 5.00. The number of fused-ring (bicyclic) bond motifs is 1. The van der Waals surface area contributed by atoms with E-state index in [-0.39, 0.29) is 0 Å². The van der Waals surface area contributed by atoms with Crippen LogP contribution in [0.25, 0.3) is 0 Å². The Hall–Kier alpha value is -1.06. The molecule has 2 aliphatic heterocycles. The van der Waals surface area contributed by atoms with Crippen LogP contribution in [-0.2, 0) is 6.54 Å². The highest BCUT2D eigenvalue weighted by molar-refractivity contribution is 5.42. The molecule has 1 aromatic carbocycles. The summed E-state index contributed by atoms with van der Waals surface area (Å²) in [7, 11) is 0. The lowest BCUT2D eigenvalue weighted by molar-refractivity contribution is 0.0540. The van der Waals surface area contributed by atoms with Crippen molar-refractivity contribution in [2.45, 2.75) is 52.2 Å². The van der Waals surface area contributed by atoms with Crippen molar-refractivity contribution in [3.05, 3.63) is 28.8 Å². The molecule has 2 aliphatic rings. The Balaban J connectivity index is 1.74. The predicted octanol–water partition coefficient (Wildman–Crippen LogP) is 2.68. The van der Waals surface area contributed by atoms with Gasteiger partial charge in [0.25, 0.3) is 0 Å². The maximum atomic E-state index is 9.89. The Bertz CT molecular complexity index is 477. The summed E-state index contributed by atoms with van der Waals surface area (Å²) in [6.07, 6.45) is 2.72. The molecule has 2 saturated heterocycles. The van der Waals surface area contributed by atoms with E-state index in [1.165, 1.54) is 38.0 Å². The summed E-state index contributed by atoms with van der Waals surface area (Å²) < 4.78 is 0. The molecule has 0 bridgehead atoms. The first-order valence-electron chi connectivity index (χ1n) is 7.82. The molecule has 0 amide bonds. The maximum absolute atomic E-state index is 9.89. The molecule has 2 atom stereocenters. The first-order chi connectivity index (χ1) is 9.54. The number of benzene rings is 1. The van der Waals surface area contributed by atoms with Gasteiger partial charge in [0.1, 0.15) is 5.75 Å². The maximum Gasteiger partial charge on any atom is 0.121 e. The smallest absolute Gasteiger partial charge is 0.121 e. The Morgan fingerprint density at radius 2 is 1.90 bits per heavy atom. The predicted molar refractivity (Wildman–Crippen MR) is 82.0 cm³/mol. The van der Waals surface area contributed by atoms with Gasteiger partial charge in [-0.2, -0.15) is 0 Å². The third-order valence-corrected chi connectivity index (χ3v) is 5.00. The van der Waals surface area contributed by atoms with E-state index in [0.717, 1.165) is 23.7 Å². The normalized spacial score (nSPS) is 27.8. The molecule has 2 unspecified atom stereocenters. The van der Waals surface area contributed by atoms with Crippen LogP contribution in [0.15, 0.2) is 12.1 Å². The zero-order valence-electron chi connectivity index (χ0n) is 12.9. The molecule has 0 saturated carbocycles. The second-order valence-corrected chi connectivity index (χ2v) is 6.65. The average molecular weight is 274 g/mol. The van der Waals surface area contributed by atoms with Crippen LogP contribution in [0.3, 0.4) is 0 Å². The summed E-state index contributed by atoms with van der Waals surface area (Å²) in [6.45, 7) is 11.0. The molecule has 1 aromatic rings. The van der Waals surface area contributed by atoms with E-state index < -0.39 is 0 Å². The van der Waals surface area contributed by atoms with Gasteiger partial charge >= 0.3 is 0 Å². The van der Waals surface area contributed by atoms with Crippen LogP contribution in [0.2, 0.25) is 0 Å². The zero-order valence-corrected chi connectivity index (χ0v) is 12.9. The molecular formula is C17H26N2O. The minimum absolute atomic E-state index is 0.447. The van der Waals surface area contributed by atoms with Gasteiger partial charge in [0.05, 0.1) is 0 Å². The molecule has 0 spiro atoms. The van der Waals surface area contributed by atoms with Gasteiger partial charge in [-0.05, 0) is 56.8 Å². The van der Waals surface area contributed by atoms with Crippen molar-refractivity contribution in [1.29, 1.82) is 0 Å². The highest BCUT2D eigenvalue weighted by Crippen LogP contribution is 2.28. The molecule has 0 aliphatic carbocycles. The summed E-state index contributed by atoms with van der Waals surface area (Å²) >= 11 is 0. The Kier molecular flexibility index (Phi) is 3.74. The molecule has 1 N–H and O–H groups in total. The number of aryl methyl sites for hydroxylation is 2. The lowest BCUT2D eigenvalue weighted by Crippen LogP contribution is -2.54. The Morgan fingerprint density at radius 3 is 2.60 bits per heavy atom. The van der Waals surface area contributed by atoms with E-state index in [4.69, 9.17) is 0 Å². The van der Waals surface area contributed by atoms with Gasteiger partial charge in [-0.25, -0.2) is 0 Å². The minimum Gasteiger partial charge on any atom is -0.507 e. The van der Waals surface area contributed by atoms with Gasteiger partial charge in [0, 0.05) is 31.7 Å². The number of phenols is 1. The summed E-state index contributed by atoms with van der Waals surface area (Å²) in [5, 5.41) is 9.89. The van der Waals surface area contributed by atoms with Crippen molar-refractivity contribution in [3.63, 3.8) is 0 Å². The quantitative estimate of drug-likeness (QED) is 0.898. The number of hydrogen-bond acceptors (Lipinski definition) is 3. The monoisotopic (exact) mass is 274 g/mol. The van der Waals surface area contributed by atoms with Crippen molar-refractivity contribution in [2.75, 3.05) is 19.6 Å². The molecule has 20 heavy (non-hydrogen) atoms. The standard InChI is InChI=1S/C17H26N2O/c1-12-7-15(8-13(2)17(12)20)10-19-11-16-5-4-6-18(16)9-14(19)3/h7-8,14,16,20H,4-6,9-11H2,1-3H3. The van der Waals surface area contributed by atoms with Crippen molar-refractivity contribution in [3.8, 4) is 5.75 Å². The average Bonchev–Trinajstić information content (AvgIpc) is 2.83. The SMILES string of the molecule is Cc1cc(CN2CC3CCCN3CC2C)cc(C)c1O. The van der Waals surface area contributed by atoms with E-state index in [0.29, 0.717) is 11.8 Å². The largest absolute Gasteiger partial charge is 0.507 e. The number of piperazine rings is 1. The second kappa shape index (κ2) is 5.38. The molecule has 110 valence electrons. The van der Waals surface area contributed by atoms with Crippen molar-refractivity contribution < 1.29 is 5.11 Å². The fourth-order valence-corrected chi connectivity index (χ4v) is 3.84. The third kappa shape index (κ3) is 2.57. The lowest BCUT2D eigenvalue weighted by Gasteiger charge is -2.42. The van der Waals surface area contributed by atoms with Crippen molar-refractivity contribution >= 4 is 0 Å². The van der Waals surface area contributed by atoms with Gasteiger partial charge in [-0.3, -0.25) is 9.80 Å². The molecule has 3 rings (SSSR count). The van der Waals surface area contributed by atoms with Crippen molar-refractivity contribution in [1.82, 2.24) is 9.80 Å². The molecule has 0 aromatic heterocycles. The number of aromatic hydroxyl groups is 1. The second-order valence-electron chi connectivity index (χ2n) is 6.65. The van der Waals surface area contributed by atoms with Crippen LogP contribution in [-0.4, -0.2) is 46.6 Å². The highest BCUT2D eigenvalue weighted by atomic mass is 16.3. The van der Waals surface area contributed by atoms with E-state index >= 15 is 0 Å². The number of phenolic OH excluding ortho intramolecular Hbond substituents is 1. The fraction of sp³-hybridized carbons (Fsp3) is 0.647. The van der Waals surface area contributed by atoms with Crippen LogP contribution < -0.4 is 0 Å². The molecule has 3 heteroatoms. The minimum atomic E-state index is 0.447. The highest BCUT2D eigenvalue weighted by Gasteiger charge is 2.34. The number of hydrogen-bond donors (Lipinski definition) is 1. The summed E-state index contributed by atoms with van der Waals surface area (Å²) in [4.78, 5) is 5.27. The topological polar surface area (TPSA) is 26.7 Å². The van der Waals surface area contributed by atoms with Crippen molar-refractivity contribution in [2.24, 2.45) is 0 Å². The first kappa shape index (κ1) is 13.9. The van der Waals surface area contributed by atoms with Crippen LogP contribution in [0.4, 0.5) is 0 Å². The Labute approximate surface area is 122 Å².